The third kappa shape index (κ3) is 4.03. The van der Waals surface area contributed by atoms with Crippen LogP contribution < -0.4 is 10.6 Å². The fourth-order valence-electron chi connectivity index (χ4n) is 1.81. The zero-order chi connectivity index (χ0) is 15.2. The number of hydrogen-bond donors (Lipinski definition) is 3. The molecule has 0 fully saturated rings. The molecule has 0 spiro atoms. The molecule has 0 bridgehead atoms. The Morgan fingerprint density at radius 3 is 2.52 bits per heavy atom. The molecule has 2 aromatic rings. The average molecular weight is 305 g/mol. The highest BCUT2D eigenvalue weighted by Gasteiger charge is 2.23. The minimum Gasteiger partial charge on any atom is -0.479 e. The van der Waals surface area contributed by atoms with E-state index in [4.69, 9.17) is 0 Å². The topological polar surface area (TPSA) is 91.3 Å². The predicted octanol–water partition coefficient (Wildman–Crippen LogP) is 2.33. The van der Waals surface area contributed by atoms with Crippen molar-refractivity contribution in [3.63, 3.8) is 0 Å². The zero-order valence-electron chi connectivity index (χ0n) is 11.3. The molecule has 0 aliphatic rings. The van der Waals surface area contributed by atoms with Crippen molar-refractivity contribution >= 4 is 23.3 Å². The molecule has 6 nitrogen and oxygen atoms in total. The second-order valence-electron chi connectivity index (χ2n) is 4.41. The zero-order valence-corrected chi connectivity index (χ0v) is 12.1. The summed E-state index contributed by atoms with van der Waals surface area (Å²) in [6.07, 6.45) is 3.27. The smallest absolute Gasteiger partial charge is 0.331 e. The lowest BCUT2D eigenvalue weighted by Crippen LogP contribution is -2.41. The summed E-state index contributed by atoms with van der Waals surface area (Å²) in [5.41, 5.74) is 0.892. The highest BCUT2D eigenvalue weighted by atomic mass is 32.1. The average Bonchev–Trinajstić information content (AvgIpc) is 2.99. The van der Waals surface area contributed by atoms with Gasteiger partial charge in [0.15, 0.2) is 6.04 Å². The molecule has 2 atom stereocenters. The number of nitrogens with zero attached hydrogens (tertiary/aromatic N) is 1. The third-order valence-electron chi connectivity index (χ3n) is 2.90. The first kappa shape index (κ1) is 15.0. The number of pyridine rings is 1. The van der Waals surface area contributed by atoms with Crippen LogP contribution in [0.1, 0.15) is 29.4 Å². The first-order chi connectivity index (χ1) is 10.1. The lowest BCUT2D eigenvalue weighted by atomic mass is 10.1. The number of urea groups is 1. The van der Waals surface area contributed by atoms with E-state index in [0.717, 1.165) is 5.56 Å². The van der Waals surface area contributed by atoms with Gasteiger partial charge >= 0.3 is 12.0 Å². The van der Waals surface area contributed by atoms with E-state index in [1.54, 1.807) is 42.0 Å². The van der Waals surface area contributed by atoms with Crippen LogP contribution in [0.4, 0.5) is 4.79 Å². The summed E-state index contributed by atoms with van der Waals surface area (Å²) in [4.78, 5) is 27.7. The molecule has 0 aliphatic heterocycles. The second kappa shape index (κ2) is 6.85. The van der Waals surface area contributed by atoms with Crippen molar-refractivity contribution < 1.29 is 14.7 Å². The summed E-state index contributed by atoms with van der Waals surface area (Å²) in [5, 5.41) is 16.1. The van der Waals surface area contributed by atoms with Gasteiger partial charge < -0.3 is 15.7 Å². The maximum absolute atomic E-state index is 11.9. The Balaban J connectivity index is 1.99. The molecule has 0 saturated carbocycles. The number of nitrogens with one attached hydrogen (secondary N) is 2. The lowest BCUT2D eigenvalue weighted by Gasteiger charge is -2.18. The highest BCUT2D eigenvalue weighted by Crippen LogP contribution is 2.19. The van der Waals surface area contributed by atoms with Gasteiger partial charge in [0.1, 0.15) is 0 Å². The fraction of sp³-hybridized carbons (Fsp3) is 0.214. The Bertz CT molecular complexity index is 601. The number of carbonyl (C=O) groups excluding carboxylic acids is 1. The van der Waals surface area contributed by atoms with E-state index in [9.17, 15) is 14.7 Å². The van der Waals surface area contributed by atoms with Crippen LogP contribution in [0.5, 0.6) is 0 Å². The van der Waals surface area contributed by atoms with E-state index in [1.807, 2.05) is 6.92 Å². The molecular formula is C14H15N3O3S. The number of aliphatic carboxylic acids is 1. The summed E-state index contributed by atoms with van der Waals surface area (Å²) < 4.78 is 0. The first-order valence-corrected chi connectivity index (χ1v) is 7.19. The standard InChI is InChI=1S/C14H15N3O3S/c1-9(10-4-6-15-7-5-10)16-14(20)17-12(13(18)19)11-3-2-8-21-11/h2-9,12H,1H3,(H,18,19)(H2,16,17,20). The van der Waals surface area contributed by atoms with Crippen LogP contribution in [0.15, 0.2) is 42.0 Å². The van der Waals surface area contributed by atoms with E-state index < -0.39 is 18.0 Å². The number of hydrogen-bond acceptors (Lipinski definition) is 4. The van der Waals surface area contributed by atoms with Crippen molar-refractivity contribution in [1.82, 2.24) is 15.6 Å². The van der Waals surface area contributed by atoms with Crippen molar-refractivity contribution in [2.75, 3.05) is 0 Å². The minimum absolute atomic E-state index is 0.245. The highest BCUT2D eigenvalue weighted by molar-refractivity contribution is 7.10. The minimum atomic E-state index is -1.09. The number of rotatable bonds is 5. The fourth-order valence-corrected chi connectivity index (χ4v) is 2.58. The summed E-state index contributed by atoms with van der Waals surface area (Å²) in [7, 11) is 0. The molecule has 0 radical (unpaired) electrons. The molecule has 2 rings (SSSR count). The summed E-state index contributed by atoms with van der Waals surface area (Å²) in [5.74, 6) is -1.09. The van der Waals surface area contributed by atoms with E-state index in [1.165, 1.54) is 11.3 Å². The third-order valence-corrected chi connectivity index (χ3v) is 3.84. The number of carboxylic acids is 1. The van der Waals surface area contributed by atoms with Crippen LogP contribution in [-0.4, -0.2) is 22.1 Å². The summed E-state index contributed by atoms with van der Waals surface area (Å²) >= 11 is 1.29. The van der Waals surface area contributed by atoms with Crippen molar-refractivity contribution in [2.45, 2.75) is 19.0 Å². The number of carbonyl (C=O) groups is 2. The molecule has 2 unspecified atom stereocenters. The van der Waals surface area contributed by atoms with Gasteiger partial charge in [-0.25, -0.2) is 9.59 Å². The van der Waals surface area contributed by atoms with Crippen LogP contribution >= 0.6 is 11.3 Å². The van der Waals surface area contributed by atoms with Gasteiger partial charge in [-0.15, -0.1) is 11.3 Å². The Labute approximate surface area is 125 Å². The normalized spacial score (nSPS) is 13.2. The van der Waals surface area contributed by atoms with E-state index in [-0.39, 0.29) is 6.04 Å². The van der Waals surface area contributed by atoms with Gasteiger partial charge in [0.05, 0.1) is 6.04 Å². The van der Waals surface area contributed by atoms with Crippen LogP contribution in [0.3, 0.4) is 0 Å². The number of amides is 2. The predicted molar refractivity (Wildman–Crippen MR) is 79.0 cm³/mol. The van der Waals surface area contributed by atoms with Gasteiger partial charge in [-0.2, -0.15) is 0 Å². The molecule has 7 heteroatoms. The van der Waals surface area contributed by atoms with Crippen molar-refractivity contribution in [2.24, 2.45) is 0 Å². The molecule has 0 aliphatic carbocycles. The van der Waals surface area contributed by atoms with Gasteiger partial charge in [-0.05, 0) is 36.1 Å². The molecular weight excluding hydrogens is 290 g/mol. The maximum Gasteiger partial charge on any atom is 0.331 e. The molecule has 3 N–H and O–H groups in total. The van der Waals surface area contributed by atoms with Gasteiger partial charge in [-0.1, -0.05) is 6.07 Å². The quantitative estimate of drug-likeness (QED) is 0.790. The van der Waals surface area contributed by atoms with Gasteiger partial charge in [0.25, 0.3) is 0 Å². The Morgan fingerprint density at radius 1 is 1.24 bits per heavy atom. The number of aromatic nitrogens is 1. The maximum atomic E-state index is 11.9. The molecule has 21 heavy (non-hydrogen) atoms. The number of carboxylic acid groups (broad SMARTS) is 1. The molecule has 2 heterocycles. The molecule has 2 aromatic heterocycles. The van der Waals surface area contributed by atoms with Crippen molar-refractivity contribution in [3.8, 4) is 0 Å². The van der Waals surface area contributed by atoms with Crippen LogP contribution in [0.25, 0.3) is 0 Å². The Morgan fingerprint density at radius 2 is 1.95 bits per heavy atom. The monoisotopic (exact) mass is 305 g/mol. The van der Waals surface area contributed by atoms with Crippen molar-refractivity contribution in [1.29, 1.82) is 0 Å². The largest absolute Gasteiger partial charge is 0.479 e. The molecule has 2 amide bonds. The van der Waals surface area contributed by atoms with E-state index in [0.29, 0.717) is 4.88 Å². The van der Waals surface area contributed by atoms with Crippen LogP contribution in [0, 0.1) is 0 Å². The molecule has 0 saturated heterocycles. The van der Waals surface area contributed by atoms with Gasteiger partial charge in [-0.3, -0.25) is 4.98 Å². The summed E-state index contributed by atoms with van der Waals surface area (Å²) in [6, 6.07) is 5.18. The second-order valence-corrected chi connectivity index (χ2v) is 5.39. The molecule has 110 valence electrons. The summed E-state index contributed by atoms with van der Waals surface area (Å²) in [6.45, 7) is 1.82. The van der Waals surface area contributed by atoms with Crippen molar-refractivity contribution in [3.05, 3.63) is 52.5 Å². The first-order valence-electron chi connectivity index (χ1n) is 6.31. The van der Waals surface area contributed by atoms with Gasteiger partial charge in [0, 0.05) is 17.3 Å². The lowest BCUT2D eigenvalue weighted by molar-refractivity contribution is -0.139. The van der Waals surface area contributed by atoms with E-state index in [2.05, 4.69) is 15.6 Å². The number of thiophene rings is 1. The van der Waals surface area contributed by atoms with Crippen LogP contribution in [0.2, 0.25) is 0 Å². The van der Waals surface area contributed by atoms with E-state index >= 15 is 0 Å². The molecule has 0 aromatic carbocycles. The van der Waals surface area contributed by atoms with Gasteiger partial charge in [0.2, 0.25) is 0 Å². The SMILES string of the molecule is CC(NC(=O)NC(C(=O)O)c1cccs1)c1ccncc1. The van der Waals surface area contributed by atoms with Crippen LogP contribution in [-0.2, 0) is 4.79 Å². The Hall–Kier alpha value is -2.41. The Kier molecular flexibility index (Phi) is 4.89.